The molecule has 1 atom stereocenters. The number of ether oxygens (including phenoxy) is 1. The quantitative estimate of drug-likeness (QED) is 0.728. The summed E-state index contributed by atoms with van der Waals surface area (Å²) >= 11 is 0. The van der Waals surface area contributed by atoms with Crippen molar-refractivity contribution in [2.24, 2.45) is 0 Å². The molecule has 0 radical (unpaired) electrons. The van der Waals surface area contributed by atoms with Crippen molar-refractivity contribution in [2.45, 2.75) is 26.8 Å². The van der Waals surface area contributed by atoms with Crippen LogP contribution < -0.4 is 5.32 Å². The number of carbonyl (C=O) groups excluding carboxylic acids is 1. The maximum Gasteiger partial charge on any atom is 0.251 e. The molecule has 1 heterocycles. The number of nitrogens with one attached hydrogen (secondary N) is 1. The molecule has 0 spiro atoms. The number of carbonyl (C=O) groups is 1. The van der Waals surface area contributed by atoms with Gasteiger partial charge in [-0.25, -0.2) is 4.68 Å². The van der Waals surface area contributed by atoms with Crippen LogP contribution in [-0.4, -0.2) is 40.7 Å². The molecule has 0 aliphatic carbocycles. The van der Waals surface area contributed by atoms with E-state index in [1.54, 1.807) is 18.0 Å². The number of methoxy groups -OCH3 is 1. The van der Waals surface area contributed by atoms with Crippen molar-refractivity contribution in [2.75, 3.05) is 13.7 Å². The number of hydrogen-bond donors (Lipinski definition) is 1. The summed E-state index contributed by atoms with van der Waals surface area (Å²) in [5.41, 5.74) is 5.45. The minimum atomic E-state index is -0.146. The van der Waals surface area contributed by atoms with Gasteiger partial charge in [0.25, 0.3) is 5.91 Å². The average molecular weight is 364 g/mol. The van der Waals surface area contributed by atoms with Crippen molar-refractivity contribution in [3.63, 3.8) is 0 Å². The van der Waals surface area contributed by atoms with Gasteiger partial charge in [0, 0.05) is 18.7 Å². The third-order valence-corrected chi connectivity index (χ3v) is 4.32. The summed E-state index contributed by atoms with van der Waals surface area (Å²) in [5, 5.41) is 11.1. The van der Waals surface area contributed by atoms with Crippen LogP contribution in [0.4, 0.5) is 0 Å². The molecule has 0 fully saturated rings. The number of aryl methyl sites for hydroxylation is 2. The van der Waals surface area contributed by atoms with Crippen LogP contribution in [0.3, 0.4) is 0 Å². The average Bonchev–Trinajstić information content (AvgIpc) is 3.08. The molecule has 0 bridgehead atoms. The first-order chi connectivity index (χ1) is 13.0. The number of nitrogens with zero attached hydrogens (tertiary/aromatic N) is 3. The molecule has 0 aliphatic rings. The lowest BCUT2D eigenvalue weighted by atomic mass is 10.0. The van der Waals surface area contributed by atoms with Crippen molar-refractivity contribution in [1.29, 1.82) is 0 Å². The van der Waals surface area contributed by atoms with Gasteiger partial charge in [-0.3, -0.25) is 4.79 Å². The highest BCUT2D eigenvalue weighted by Crippen LogP contribution is 2.25. The van der Waals surface area contributed by atoms with E-state index >= 15 is 0 Å². The fourth-order valence-electron chi connectivity index (χ4n) is 2.92. The number of benzene rings is 2. The van der Waals surface area contributed by atoms with E-state index in [0.29, 0.717) is 12.2 Å². The van der Waals surface area contributed by atoms with Crippen LogP contribution in [0.15, 0.2) is 48.7 Å². The number of rotatable bonds is 6. The molecule has 1 amide bonds. The van der Waals surface area contributed by atoms with Gasteiger partial charge in [0.15, 0.2) is 0 Å². The first kappa shape index (κ1) is 18.8. The Morgan fingerprint density at radius 1 is 1.15 bits per heavy atom. The van der Waals surface area contributed by atoms with E-state index in [-0.39, 0.29) is 11.9 Å². The molecule has 27 heavy (non-hydrogen) atoms. The molecule has 0 aliphatic heterocycles. The molecule has 0 saturated heterocycles. The summed E-state index contributed by atoms with van der Waals surface area (Å²) in [5.74, 6) is -0.146. The Balaban J connectivity index is 2.04. The zero-order chi connectivity index (χ0) is 19.4. The highest BCUT2D eigenvalue weighted by molar-refractivity contribution is 5.96. The van der Waals surface area contributed by atoms with Gasteiger partial charge in [-0.1, -0.05) is 35.0 Å². The zero-order valence-corrected chi connectivity index (χ0v) is 16.1. The Morgan fingerprint density at radius 2 is 1.89 bits per heavy atom. The smallest absolute Gasteiger partial charge is 0.251 e. The standard InChI is InChI=1S/C21H24N4O2/c1-14-5-7-17(8-6-14)18-9-19(21(26)23-15(2)13-27-4)11-20(10-18)25-16(3)12-22-24-25/h5-12,15H,13H2,1-4H3,(H,23,26)/t15-/m1/s1. The van der Waals surface area contributed by atoms with Crippen LogP contribution in [-0.2, 0) is 4.74 Å². The maximum absolute atomic E-state index is 12.8. The summed E-state index contributed by atoms with van der Waals surface area (Å²) < 4.78 is 6.84. The second kappa shape index (κ2) is 8.14. The van der Waals surface area contributed by atoms with E-state index in [1.807, 2.05) is 32.0 Å². The van der Waals surface area contributed by atoms with Crippen molar-refractivity contribution in [1.82, 2.24) is 20.3 Å². The molecule has 140 valence electrons. The van der Waals surface area contributed by atoms with Gasteiger partial charge in [-0.2, -0.15) is 0 Å². The minimum absolute atomic E-state index is 0.0814. The Morgan fingerprint density at radius 3 is 2.52 bits per heavy atom. The second-order valence-electron chi connectivity index (χ2n) is 6.75. The Kier molecular flexibility index (Phi) is 5.66. The van der Waals surface area contributed by atoms with E-state index < -0.39 is 0 Å². The fourth-order valence-corrected chi connectivity index (χ4v) is 2.92. The lowest BCUT2D eigenvalue weighted by molar-refractivity contribution is 0.0905. The highest BCUT2D eigenvalue weighted by Gasteiger charge is 2.14. The van der Waals surface area contributed by atoms with Crippen LogP contribution in [0.1, 0.15) is 28.5 Å². The van der Waals surface area contributed by atoms with Crippen LogP contribution in [0.25, 0.3) is 16.8 Å². The molecule has 2 aromatic carbocycles. The highest BCUT2D eigenvalue weighted by atomic mass is 16.5. The second-order valence-corrected chi connectivity index (χ2v) is 6.75. The largest absolute Gasteiger partial charge is 0.383 e. The van der Waals surface area contributed by atoms with Crippen LogP contribution >= 0.6 is 0 Å². The predicted molar refractivity (Wildman–Crippen MR) is 105 cm³/mol. The summed E-state index contributed by atoms with van der Waals surface area (Å²) in [6.07, 6.45) is 1.69. The SMILES string of the molecule is COC[C@@H](C)NC(=O)c1cc(-c2ccc(C)cc2)cc(-n2nncc2C)c1. The molecule has 1 N–H and O–H groups in total. The summed E-state index contributed by atoms with van der Waals surface area (Å²) in [4.78, 5) is 12.8. The number of hydrogen-bond acceptors (Lipinski definition) is 4. The van der Waals surface area contributed by atoms with Crippen molar-refractivity contribution in [3.8, 4) is 16.8 Å². The Labute approximate surface area is 159 Å². The van der Waals surface area contributed by atoms with Crippen molar-refractivity contribution >= 4 is 5.91 Å². The van der Waals surface area contributed by atoms with Crippen LogP contribution in [0, 0.1) is 13.8 Å². The van der Waals surface area contributed by atoms with Crippen molar-refractivity contribution in [3.05, 3.63) is 65.5 Å². The Bertz CT molecular complexity index is 932. The zero-order valence-electron chi connectivity index (χ0n) is 16.1. The first-order valence-corrected chi connectivity index (χ1v) is 8.87. The van der Waals surface area contributed by atoms with E-state index in [0.717, 1.165) is 22.5 Å². The lowest BCUT2D eigenvalue weighted by Crippen LogP contribution is -2.35. The summed E-state index contributed by atoms with van der Waals surface area (Å²) in [6, 6.07) is 13.9. The molecule has 0 unspecified atom stereocenters. The van der Waals surface area contributed by atoms with Gasteiger partial charge >= 0.3 is 0 Å². The third-order valence-electron chi connectivity index (χ3n) is 4.32. The van der Waals surface area contributed by atoms with Gasteiger partial charge in [-0.05, 0) is 50.1 Å². The van der Waals surface area contributed by atoms with Gasteiger partial charge in [0.1, 0.15) is 0 Å². The van der Waals surface area contributed by atoms with Gasteiger partial charge in [0.05, 0.1) is 24.2 Å². The van der Waals surface area contributed by atoms with Gasteiger partial charge < -0.3 is 10.1 Å². The predicted octanol–water partition coefficient (Wildman–Crippen LogP) is 3.32. The van der Waals surface area contributed by atoms with E-state index in [9.17, 15) is 4.79 Å². The topological polar surface area (TPSA) is 69.0 Å². The third kappa shape index (κ3) is 4.41. The molecule has 3 aromatic rings. The molecule has 1 aromatic heterocycles. The van der Waals surface area contributed by atoms with Crippen LogP contribution in [0.2, 0.25) is 0 Å². The molecular weight excluding hydrogens is 340 g/mol. The van der Waals surface area contributed by atoms with E-state index in [1.165, 1.54) is 5.56 Å². The summed E-state index contributed by atoms with van der Waals surface area (Å²) in [7, 11) is 1.62. The van der Waals surface area contributed by atoms with E-state index in [4.69, 9.17) is 4.74 Å². The minimum Gasteiger partial charge on any atom is -0.383 e. The normalized spacial score (nSPS) is 12.0. The maximum atomic E-state index is 12.8. The van der Waals surface area contributed by atoms with Crippen LogP contribution in [0.5, 0.6) is 0 Å². The van der Waals surface area contributed by atoms with Gasteiger partial charge in [0.2, 0.25) is 0 Å². The van der Waals surface area contributed by atoms with Crippen molar-refractivity contribution < 1.29 is 9.53 Å². The molecule has 6 heteroatoms. The van der Waals surface area contributed by atoms with Gasteiger partial charge in [-0.15, -0.1) is 5.10 Å². The molecule has 3 rings (SSSR count). The Hall–Kier alpha value is -2.99. The lowest BCUT2D eigenvalue weighted by Gasteiger charge is -2.15. The molecule has 0 saturated carbocycles. The monoisotopic (exact) mass is 364 g/mol. The molecule has 6 nitrogen and oxygen atoms in total. The first-order valence-electron chi connectivity index (χ1n) is 8.87. The fraction of sp³-hybridized carbons (Fsp3) is 0.286. The number of aromatic nitrogens is 3. The van der Waals surface area contributed by atoms with E-state index in [2.05, 4.69) is 46.8 Å². The number of amides is 1. The summed E-state index contributed by atoms with van der Waals surface area (Å²) in [6.45, 7) is 6.35. The molecular formula is C21H24N4O2.